The van der Waals surface area contributed by atoms with Gasteiger partial charge < -0.3 is 10.4 Å². The molecule has 18 heavy (non-hydrogen) atoms. The minimum Gasteiger partial charge on any atom is -0.396 e. The molecule has 1 unspecified atom stereocenters. The van der Waals surface area contributed by atoms with E-state index in [0.717, 1.165) is 30.2 Å². The molecule has 2 N–H and O–H groups in total. The summed E-state index contributed by atoms with van der Waals surface area (Å²) in [5.74, 6) is 0.502. The lowest BCUT2D eigenvalue weighted by molar-refractivity contribution is 0.260. The number of aryl methyl sites for hydroxylation is 2. The molecule has 0 aromatic carbocycles. The quantitative estimate of drug-likeness (QED) is 0.843. The van der Waals surface area contributed by atoms with Gasteiger partial charge in [-0.1, -0.05) is 6.92 Å². The Morgan fingerprint density at radius 3 is 3.00 bits per heavy atom. The van der Waals surface area contributed by atoms with Crippen LogP contribution in [0.25, 0.3) is 4.96 Å². The van der Waals surface area contributed by atoms with Gasteiger partial charge in [0.15, 0.2) is 4.96 Å². The fraction of sp³-hybridized carbons (Fsp3) is 0.615. The summed E-state index contributed by atoms with van der Waals surface area (Å²) in [7, 11) is 0. The van der Waals surface area contributed by atoms with Crippen molar-refractivity contribution in [2.45, 2.75) is 33.7 Å². The van der Waals surface area contributed by atoms with Crippen LogP contribution in [0.2, 0.25) is 0 Å². The topological polar surface area (TPSA) is 49.6 Å². The number of thiazole rings is 1. The third kappa shape index (κ3) is 2.74. The molecule has 2 aromatic rings. The Morgan fingerprint density at radius 2 is 2.28 bits per heavy atom. The third-order valence-corrected chi connectivity index (χ3v) is 4.18. The highest BCUT2D eigenvalue weighted by Gasteiger charge is 2.11. The van der Waals surface area contributed by atoms with E-state index in [1.807, 2.05) is 0 Å². The monoisotopic (exact) mass is 267 g/mol. The largest absolute Gasteiger partial charge is 0.396 e. The molecule has 0 aliphatic carbocycles. The fourth-order valence-electron chi connectivity index (χ4n) is 2.14. The standard InChI is InChI=1S/C13H21N3OS/c1-9(4-5-17)6-14-7-12-11(3)15-13-16(12)10(2)8-18-13/h8-9,14,17H,4-7H2,1-3H3. The SMILES string of the molecule is Cc1nc2scc(C)n2c1CNCC(C)CCO. The van der Waals surface area contributed by atoms with Gasteiger partial charge in [0, 0.05) is 24.2 Å². The van der Waals surface area contributed by atoms with Crippen molar-refractivity contribution in [2.24, 2.45) is 5.92 Å². The molecule has 4 nitrogen and oxygen atoms in total. The minimum absolute atomic E-state index is 0.266. The molecular formula is C13H21N3OS. The lowest BCUT2D eigenvalue weighted by atomic mass is 10.1. The van der Waals surface area contributed by atoms with Crippen LogP contribution in [0.5, 0.6) is 0 Å². The van der Waals surface area contributed by atoms with Crippen LogP contribution in [0.1, 0.15) is 30.4 Å². The zero-order chi connectivity index (χ0) is 13.1. The molecule has 0 aliphatic heterocycles. The summed E-state index contributed by atoms with van der Waals surface area (Å²) >= 11 is 1.69. The molecule has 0 fully saturated rings. The van der Waals surface area contributed by atoms with Crippen LogP contribution in [0, 0.1) is 19.8 Å². The van der Waals surface area contributed by atoms with Gasteiger partial charge in [0.05, 0.1) is 11.4 Å². The second kappa shape index (κ2) is 5.82. The summed E-state index contributed by atoms with van der Waals surface area (Å²) in [6.07, 6.45) is 0.852. The highest BCUT2D eigenvalue weighted by atomic mass is 32.1. The number of hydrogen-bond acceptors (Lipinski definition) is 4. The third-order valence-electron chi connectivity index (χ3n) is 3.24. The van der Waals surface area contributed by atoms with Crippen molar-refractivity contribution in [1.82, 2.24) is 14.7 Å². The summed E-state index contributed by atoms with van der Waals surface area (Å²) in [4.78, 5) is 5.64. The van der Waals surface area contributed by atoms with Gasteiger partial charge in [0.1, 0.15) is 0 Å². The molecule has 2 rings (SSSR count). The zero-order valence-corrected chi connectivity index (χ0v) is 12.0. The Balaban J connectivity index is 2.03. The fourth-order valence-corrected chi connectivity index (χ4v) is 3.07. The first-order valence-electron chi connectivity index (χ1n) is 6.37. The Bertz CT molecular complexity index is 518. The number of hydrogen-bond donors (Lipinski definition) is 2. The van der Waals surface area contributed by atoms with E-state index >= 15 is 0 Å². The van der Waals surface area contributed by atoms with E-state index in [2.05, 4.69) is 40.9 Å². The maximum Gasteiger partial charge on any atom is 0.194 e. The van der Waals surface area contributed by atoms with E-state index in [1.54, 1.807) is 11.3 Å². The summed E-state index contributed by atoms with van der Waals surface area (Å²) in [6.45, 7) is 8.35. The van der Waals surface area contributed by atoms with Crippen molar-refractivity contribution >= 4 is 16.3 Å². The lowest BCUT2D eigenvalue weighted by Gasteiger charge is -2.11. The van der Waals surface area contributed by atoms with E-state index < -0.39 is 0 Å². The van der Waals surface area contributed by atoms with Crippen molar-refractivity contribution in [2.75, 3.05) is 13.2 Å². The number of aliphatic hydroxyl groups excluding tert-OH is 1. The maximum atomic E-state index is 8.87. The molecule has 5 heteroatoms. The molecular weight excluding hydrogens is 246 g/mol. The Kier molecular flexibility index (Phi) is 4.37. The highest BCUT2D eigenvalue weighted by molar-refractivity contribution is 7.15. The summed E-state index contributed by atoms with van der Waals surface area (Å²) < 4.78 is 2.23. The summed E-state index contributed by atoms with van der Waals surface area (Å²) in [5.41, 5.74) is 3.60. The van der Waals surface area contributed by atoms with E-state index in [9.17, 15) is 0 Å². The van der Waals surface area contributed by atoms with Crippen molar-refractivity contribution in [3.05, 3.63) is 22.5 Å². The van der Waals surface area contributed by atoms with Gasteiger partial charge in [-0.2, -0.15) is 0 Å². The van der Waals surface area contributed by atoms with Crippen LogP contribution in [0.3, 0.4) is 0 Å². The van der Waals surface area contributed by atoms with Crippen LogP contribution in [0.4, 0.5) is 0 Å². The van der Waals surface area contributed by atoms with E-state index in [1.165, 1.54) is 11.4 Å². The molecule has 0 radical (unpaired) electrons. The molecule has 1 atom stereocenters. The minimum atomic E-state index is 0.266. The smallest absolute Gasteiger partial charge is 0.194 e. The number of fused-ring (bicyclic) bond motifs is 1. The molecule has 0 bridgehead atoms. The molecule has 0 saturated heterocycles. The molecule has 2 aromatic heterocycles. The van der Waals surface area contributed by atoms with Crippen molar-refractivity contribution < 1.29 is 5.11 Å². The van der Waals surface area contributed by atoms with Gasteiger partial charge >= 0.3 is 0 Å². The highest BCUT2D eigenvalue weighted by Crippen LogP contribution is 2.20. The number of nitrogens with one attached hydrogen (secondary N) is 1. The van der Waals surface area contributed by atoms with Gasteiger partial charge in [-0.25, -0.2) is 4.98 Å². The number of imidazole rings is 1. The Morgan fingerprint density at radius 1 is 1.50 bits per heavy atom. The Labute approximate surface area is 112 Å². The molecule has 0 amide bonds. The first-order chi connectivity index (χ1) is 8.63. The normalized spacial score (nSPS) is 13.3. The molecule has 100 valence electrons. The number of aliphatic hydroxyl groups is 1. The van der Waals surface area contributed by atoms with E-state index in [0.29, 0.717) is 5.92 Å². The number of rotatable bonds is 6. The first kappa shape index (κ1) is 13.5. The van der Waals surface area contributed by atoms with Gasteiger partial charge in [-0.05, 0) is 32.7 Å². The van der Waals surface area contributed by atoms with E-state index in [-0.39, 0.29) is 6.61 Å². The lowest BCUT2D eigenvalue weighted by Crippen LogP contribution is -2.22. The number of aromatic nitrogens is 2. The molecule has 0 saturated carbocycles. The van der Waals surface area contributed by atoms with Crippen molar-refractivity contribution in [1.29, 1.82) is 0 Å². The van der Waals surface area contributed by atoms with Gasteiger partial charge in [-0.3, -0.25) is 4.40 Å². The maximum absolute atomic E-state index is 8.87. The van der Waals surface area contributed by atoms with Crippen LogP contribution >= 0.6 is 11.3 Å². The van der Waals surface area contributed by atoms with Gasteiger partial charge in [0.2, 0.25) is 0 Å². The predicted molar refractivity (Wildman–Crippen MR) is 75.1 cm³/mol. The average molecular weight is 267 g/mol. The predicted octanol–water partition coefficient (Wildman–Crippen LogP) is 2.12. The second-order valence-electron chi connectivity index (χ2n) is 4.89. The van der Waals surface area contributed by atoms with Gasteiger partial charge in [0.25, 0.3) is 0 Å². The van der Waals surface area contributed by atoms with E-state index in [4.69, 9.17) is 5.11 Å². The molecule has 2 heterocycles. The average Bonchev–Trinajstić information content (AvgIpc) is 2.81. The summed E-state index contributed by atoms with van der Waals surface area (Å²) in [6, 6.07) is 0. The van der Waals surface area contributed by atoms with Crippen LogP contribution in [0.15, 0.2) is 5.38 Å². The van der Waals surface area contributed by atoms with Crippen LogP contribution in [-0.4, -0.2) is 27.6 Å². The van der Waals surface area contributed by atoms with Crippen molar-refractivity contribution in [3.8, 4) is 0 Å². The van der Waals surface area contributed by atoms with Crippen LogP contribution < -0.4 is 5.32 Å². The van der Waals surface area contributed by atoms with Crippen molar-refractivity contribution in [3.63, 3.8) is 0 Å². The molecule has 0 spiro atoms. The second-order valence-corrected chi connectivity index (χ2v) is 5.72. The first-order valence-corrected chi connectivity index (χ1v) is 7.25. The van der Waals surface area contributed by atoms with Gasteiger partial charge in [-0.15, -0.1) is 11.3 Å². The van der Waals surface area contributed by atoms with Crippen LogP contribution in [-0.2, 0) is 6.54 Å². The number of nitrogens with zero attached hydrogens (tertiary/aromatic N) is 2. The Hall–Kier alpha value is -0.910. The summed E-state index contributed by atoms with van der Waals surface area (Å²) in [5, 5.41) is 14.5. The zero-order valence-electron chi connectivity index (χ0n) is 11.2. The molecule has 0 aliphatic rings.